The predicted octanol–water partition coefficient (Wildman–Crippen LogP) is 0.0787. The third-order valence-electron chi connectivity index (χ3n) is 2.18. The lowest BCUT2D eigenvalue weighted by Gasteiger charge is -2.09. The Bertz CT molecular complexity index is 575. The van der Waals surface area contributed by atoms with Gasteiger partial charge in [-0.2, -0.15) is 0 Å². The molecule has 0 radical (unpaired) electrons. The molecule has 0 aromatic heterocycles. The second kappa shape index (κ2) is 6.04. The molecule has 1 unspecified atom stereocenters. The monoisotopic (exact) mass is 295 g/mol. The fourth-order valence-electron chi connectivity index (χ4n) is 1.22. The number of aliphatic hydroxyl groups is 1. The van der Waals surface area contributed by atoms with E-state index in [2.05, 4.69) is 0 Å². The SMILES string of the molecule is O=C(O)C(O)CCNS(=O)(=O)c1ccc(F)cc1F. The molecule has 0 amide bonds. The first kappa shape index (κ1) is 15.5. The molecule has 1 rings (SSSR count). The van der Waals surface area contributed by atoms with Crippen molar-refractivity contribution in [3.63, 3.8) is 0 Å². The smallest absolute Gasteiger partial charge is 0.332 e. The number of hydrogen-bond donors (Lipinski definition) is 3. The van der Waals surface area contributed by atoms with Gasteiger partial charge in [0.05, 0.1) is 0 Å². The second-order valence-electron chi connectivity index (χ2n) is 3.62. The van der Waals surface area contributed by atoms with Crippen molar-refractivity contribution in [2.75, 3.05) is 6.54 Å². The van der Waals surface area contributed by atoms with Crippen LogP contribution < -0.4 is 4.72 Å². The number of sulfonamides is 1. The maximum absolute atomic E-state index is 13.3. The summed E-state index contributed by atoms with van der Waals surface area (Å²) in [5, 5.41) is 17.3. The highest BCUT2D eigenvalue weighted by Gasteiger charge is 2.20. The minimum atomic E-state index is -4.22. The van der Waals surface area contributed by atoms with E-state index < -0.39 is 45.2 Å². The van der Waals surface area contributed by atoms with Crippen molar-refractivity contribution in [1.82, 2.24) is 4.72 Å². The number of carboxylic acid groups (broad SMARTS) is 1. The quantitative estimate of drug-likeness (QED) is 0.689. The van der Waals surface area contributed by atoms with Crippen LogP contribution in [0.15, 0.2) is 23.1 Å². The molecule has 1 aromatic carbocycles. The lowest BCUT2D eigenvalue weighted by Crippen LogP contribution is -2.30. The van der Waals surface area contributed by atoms with Crippen LogP contribution in [0.5, 0.6) is 0 Å². The maximum Gasteiger partial charge on any atom is 0.332 e. The van der Waals surface area contributed by atoms with Gasteiger partial charge >= 0.3 is 5.97 Å². The van der Waals surface area contributed by atoms with Crippen LogP contribution in [0, 0.1) is 11.6 Å². The Labute approximate surface area is 107 Å². The molecule has 0 aliphatic rings. The summed E-state index contributed by atoms with van der Waals surface area (Å²) < 4.78 is 51.0. The molecule has 1 atom stereocenters. The van der Waals surface area contributed by atoms with E-state index in [1.807, 2.05) is 4.72 Å². The molecule has 0 heterocycles. The van der Waals surface area contributed by atoms with Crippen LogP contribution in [0.25, 0.3) is 0 Å². The first-order valence-electron chi connectivity index (χ1n) is 5.09. The highest BCUT2D eigenvalue weighted by molar-refractivity contribution is 7.89. The molecule has 0 aliphatic carbocycles. The van der Waals surface area contributed by atoms with Gasteiger partial charge in [-0.3, -0.25) is 0 Å². The van der Waals surface area contributed by atoms with Gasteiger partial charge in [-0.05, 0) is 18.6 Å². The molecular weight excluding hydrogens is 284 g/mol. The summed E-state index contributed by atoms with van der Waals surface area (Å²) in [6.07, 6.45) is -2.10. The highest BCUT2D eigenvalue weighted by Crippen LogP contribution is 2.15. The number of aliphatic carboxylic acids is 1. The van der Waals surface area contributed by atoms with Crippen molar-refractivity contribution in [3.8, 4) is 0 Å². The summed E-state index contributed by atoms with van der Waals surface area (Å²) in [6, 6.07) is 1.95. The molecule has 3 N–H and O–H groups in total. The van der Waals surface area contributed by atoms with Crippen LogP contribution in [-0.2, 0) is 14.8 Å². The summed E-state index contributed by atoms with van der Waals surface area (Å²) in [4.78, 5) is 9.54. The minimum Gasteiger partial charge on any atom is -0.479 e. The zero-order valence-electron chi connectivity index (χ0n) is 9.51. The van der Waals surface area contributed by atoms with Gasteiger partial charge in [0, 0.05) is 12.6 Å². The van der Waals surface area contributed by atoms with Gasteiger partial charge in [0.1, 0.15) is 16.5 Å². The summed E-state index contributed by atoms with van der Waals surface area (Å²) in [5.74, 6) is -3.67. The number of hydrogen-bond acceptors (Lipinski definition) is 4. The lowest BCUT2D eigenvalue weighted by atomic mass is 10.3. The Morgan fingerprint density at radius 1 is 1.37 bits per heavy atom. The van der Waals surface area contributed by atoms with Gasteiger partial charge in [0.25, 0.3) is 0 Å². The van der Waals surface area contributed by atoms with E-state index in [1.165, 1.54) is 0 Å². The second-order valence-corrected chi connectivity index (χ2v) is 5.35. The first-order valence-corrected chi connectivity index (χ1v) is 6.58. The number of rotatable bonds is 6. The predicted molar refractivity (Wildman–Crippen MR) is 59.8 cm³/mol. The van der Waals surface area contributed by atoms with Crippen LogP contribution in [-0.4, -0.2) is 37.2 Å². The van der Waals surface area contributed by atoms with Gasteiger partial charge in [-0.15, -0.1) is 0 Å². The number of carboxylic acids is 1. The van der Waals surface area contributed by atoms with Crippen molar-refractivity contribution in [1.29, 1.82) is 0 Å². The average molecular weight is 295 g/mol. The van der Waals surface area contributed by atoms with E-state index in [1.54, 1.807) is 0 Å². The minimum absolute atomic E-state index is 0.378. The van der Waals surface area contributed by atoms with E-state index in [-0.39, 0.29) is 6.42 Å². The third kappa shape index (κ3) is 4.23. The zero-order chi connectivity index (χ0) is 14.6. The molecule has 1 aromatic rings. The van der Waals surface area contributed by atoms with Crippen LogP contribution in [0.4, 0.5) is 8.78 Å². The summed E-state index contributed by atoms with van der Waals surface area (Å²) in [5.41, 5.74) is 0. The van der Waals surface area contributed by atoms with Gasteiger partial charge in [-0.1, -0.05) is 0 Å². The Morgan fingerprint density at radius 3 is 2.53 bits per heavy atom. The molecule has 19 heavy (non-hydrogen) atoms. The maximum atomic E-state index is 13.3. The van der Waals surface area contributed by atoms with Crippen LogP contribution in [0.3, 0.4) is 0 Å². The van der Waals surface area contributed by atoms with Gasteiger partial charge in [-0.25, -0.2) is 26.7 Å². The molecule has 9 heteroatoms. The molecule has 0 aliphatic heterocycles. The number of carbonyl (C=O) groups is 1. The molecule has 6 nitrogen and oxygen atoms in total. The van der Waals surface area contributed by atoms with Gasteiger partial charge in [0.15, 0.2) is 6.10 Å². The van der Waals surface area contributed by atoms with Crippen molar-refractivity contribution in [3.05, 3.63) is 29.8 Å². The standard InChI is InChI=1S/C10H11F2NO5S/c11-6-1-2-9(7(12)5-6)19(17,18)13-4-3-8(14)10(15)16/h1-2,5,8,13-14H,3-4H2,(H,15,16). The molecular formula is C10H11F2NO5S. The summed E-state index contributed by atoms with van der Waals surface area (Å²) in [7, 11) is -4.22. The van der Waals surface area contributed by atoms with Crippen LogP contribution in [0.2, 0.25) is 0 Å². The van der Waals surface area contributed by atoms with Crippen molar-refractivity contribution in [2.24, 2.45) is 0 Å². The fourth-order valence-corrected chi connectivity index (χ4v) is 2.33. The molecule has 0 bridgehead atoms. The van der Waals surface area contributed by atoms with Crippen molar-refractivity contribution >= 4 is 16.0 Å². The van der Waals surface area contributed by atoms with E-state index in [4.69, 9.17) is 10.2 Å². The van der Waals surface area contributed by atoms with Crippen molar-refractivity contribution < 1.29 is 32.2 Å². The third-order valence-corrected chi connectivity index (χ3v) is 3.67. The van der Waals surface area contributed by atoms with E-state index >= 15 is 0 Å². The van der Waals surface area contributed by atoms with Crippen molar-refractivity contribution in [2.45, 2.75) is 17.4 Å². The first-order chi connectivity index (χ1) is 8.74. The molecule has 0 fully saturated rings. The number of halogens is 2. The highest BCUT2D eigenvalue weighted by atomic mass is 32.2. The van der Waals surface area contributed by atoms with E-state index in [0.29, 0.717) is 6.07 Å². The normalized spacial score (nSPS) is 13.2. The topological polar surface area (TPSA) is 104 Å². The summed E-state index contributed by atoms with van der Waals surface area (Å²) in [6.45, 7) is -0.396. The lowest BCUT2D eigenvalue weighted by molar-refractivity contribution is -0.146. The zero-order valence-corrected chi connectivity index (χ0v) is 10.3. The number of aliphatic hydroxyl groups excluding tert-OH is 1. The molecule has 0 saturated carbocycles. The van der Waals surface area contributed by atoms with E-state index in [9.17, 15) is 22.0 Å². The fraction of sp³-hybridized carbons (Fsp3) is 0.300. The Balaban J connectivity index is 2.74. The Morgan fingerprint density at radius 2 is 2.00 bits per heavy atom. The average Bonchev–Trinajstić information content (AvgIpc) is 2.27. The number of benzene rings is 1. The number of nitrogens with one attached hydrogen (secondary N) is 1. The Hall–Kier alpha value is -1.58. The van der Waals surface area contributed by atoms with Crippen LogP contribution in [0.1, 0.15) is 6.42 Å². The van der Waals surface area contributed by atoms with Crippen LogP contribution >= 0.6 is 0 Å². The van der Waals surface area contributed by atoms with Gasteiger partial charge in [0.2, 0.25) is 10.0 Å². The van der Waals surface area contributed by atoms with E-state index in [0.717, 1.165) is 12.1 Å². The van der Waals surface area contributed by atoms with Gasteiger partial charge < -0.3 is 10.2 Å². The molecule has 0 saturated heterocycles. The largest absolute Gasteiger partial charge is 0.479 e. The summed E-state index contributed by atoms with van der Waals surface area (Å²) >= 11 is 0. The Kier molecular flexibility index (Phi) is 4.92. The molecule has 106 valence electrons. The molecule has 0 spiro atoms.